The second-order valence-electron chi connectivity index (χ2n) is 4.36. The van der Waals surface area contributed by atoms with E-state index in [2.05, 4.69) is 4.98 Å². The number of nitrogens with zero attached hydrogens (tertiary/aromatic N) is 1. The van der Waals surface area contributed by atoms with E-state index in [4.69, 9.17) is 0 Å². The van der Waals surface area contributed by atoms with E-state index in [-0.39, 0.29) is 29.5 Å². The molecular weight excluding hydrogens is 351 g/mol. The largest absolute Gasteiger partial charge is 1.00 e. The molecule has 1 N–H and O–H groups in total. The fourth-order valence-corrected chi connectivity index (χ4v) is 2.08. The lowest BCUT2D eigenvalue weighted by atomic mass is 10.1. The summed E-state index contributed by atoms with van der Waals surface area (Å²) in [5, 5.41) is 1.66. The molecular formula is C15H13IN2O. The maximum Gasteiger partial charge on any atom is 0.262 e. The number of fused-ring (bicyclic) bond motifs is 1. The Bertz CT molecular complexity index is 766. The minimum Gasteiger partial charge on any atom is -1.00 e. The summed E-state index contributed by atoms with van der Waals surface area (Å²) in [7, 11) is 1.91. The molecule has 3 aromatic rings. The number of hydrogen-bond acceptors (Lipinski definition) is 1. The summed E-state index contributed by atoms with van der Waals surface area (Å²) < 4.78 is 1.87. The summed E-state index contributed by atoms with van der Waals surface area (Å²) in [4.78, 5) is 15.0. The zero-order valence-corrected chi connectivity index (χ0v) is 12.6. The lowest BCUT2D eigenvalue weighted by Gasteiger charge is -2.02. The van der Waals surface area contributed by atoms with Gasteiger partial charge < -0.3 is 29.0 Å². The SMILES string of the molecule is C[n+]1ccc2cc(-c3ccccc3)[nH]c(=O)c2c1.[I-]. The summed E-state index contributed by atoms with van der Waals surface area (Å²) in [6.07, 6.45) is 3.78. The number of aromatic nitrogens is 2. The van der Waals surface area contributed by atoms with Gasteiger partial charge in [0, 0.05) is 17.1 Å². The van der Waals surface area contributed by atoms with Crippen molar-refractivity contribution in [3.8, 4) is 11.3 Å². The summed E-state index contributed by atoms with van der Waals surface area (Å²) in [5.41, 5.74) is 1.81. The van der Waals surface area contributed by atoms with Gasteiger partial charge in [-0.3, -0.25) is 4.79 Å². The number of aryl methyl sites for hydroxylation is 1. The van der Waals surface area contributed by atoms with Gasteiger partial charge in [0.25, 0.3) is 5.56 Å². The van der Waals surface area contributed by atoms with E-state index in [0.29, 0.717) is 5.39 Å². The Labute approximate surface area is 127 Å². The van der Waals surface area contributed by atoms with Crippen molar-refractivity contribution in [1.82, 2.24) is 4.98 Å². The molecule has 3 nitrogen and oxygen atoms in total. The Morgan fingerprint density at radius 2 is 1.84 bits per heavy atom. The number of pyridine rings is 2. The summed E-state index contributed by atoms with van der Waals surface area (Å²) >= 11 is 0. The second kappa shape index (κ2) is 5.52. The van der Waals surface area contributed by atoms with E-state index in [0.717, 1.165) is 16.6 Å². The van der Waals surface area contributed by atoms with Gasteiger partial charge in [0.1, 0.15) is 12.4 Å². The molecule has 2 heterocycles. The van der Waals surface area contributed by atoms with Crippen molar-refractivity contribution in [2.24, 2.45) is 7.05 Å². The maximum absolute atomic E-state index is 12.1. The van der Waals surface area contributed by atoms with Crippen LogP contribution >= 0.6 is 0 Å². The van der Waals surface area contributed by atoms with Crippen LogP contribution in [-0.4, -0.2) is 4.98 Å². The van der Waals surface area contributed by atoms with Crippen LogP contribution in [0.1, 0.15) is 0 Å². The molecule has 0 atom stereocenters. The predicted molar refractivity (Wildman–Crippen MR) is 71.2 cm³/mol. The molecule has 2 aromatic heterocycles. The Morgan fingerprint density at radius 3 is 2.58 bits per heavy atom. The predicted octanol–water partition coefficient (Wildman–Crippen LogP) is -0.976. The van der Waals surface area contributed by atoms with Crippen molar-refractivity contribution >= 4 is 10.8 Å². The Morgan fingerprint density at radius 1 is 1.11 bits per heavy atom. The van der Waals surface area contributed by atoms with Crippen LogP contribution in [0, 0.1) is 0 Å². The second-order valence-corrected chi connectivity index (χ2v) is 4.36. The summed E-state index contributed by atoms with van der Waals surface area (Å²) in [5.74, 6) is 0. The van der Waals surface area contributed by atoms with Gasteiger partial charge in [-0.2, -0.15) is 0 Å². The maximum atomic E-state index is 12.1. The zero-order valence-electron chi connectivity index (χ0n) is 10.4. The molecule has 1 aromatic carbocycles. The quantitative estimate of drug-likeness (QED) is 0.438. The molecule has 0 unspecified atom stereocenters. The Balaban J connectivity index is 0.00000133. The number of halogens is 1. The van der Waals surface area contributed by atoms with Gasteiger partial charge in [0.05, 0.1) is 0 Å². The van der Waals surface area contributed by atoms with E-state index < -0.39 is 0 Å². The highest BCUT2D eigenvalue weighted by Gasteiger charge is 2.06. The fraction of sp³-hybridized carbons (Fsp3) is 0.0667. The van der Waals surface area contributed by atoms with Gasteiger partial charge >= 0.3 is 0 Å². The minimum atomic E-state index is -0.0532. The average molecular weight is 364 g/mol. The van der Waals surface area contributed by atoms with Crippen LogP contribution in [0.15, 0.2) is 59.7 Å². The first-order valence-electron chi connectivity index (χ1n) is 5.82. The summed E-state index contributed by atoms with van der Waals surface area (Å²) in [6, 6.07) is 13.8. The lowest BCUT2D eigenvalue weighted by Crippen LogP contribution is -3.00. The van der Waals surface area contributed by atoms with E-state index in [1.807, 2.05) is 66.5 Å². The molecule has 0 bridgehead atoms. The van der Waals surface area contributed by atoms with Crippen LogP contribution in [0.4, 0.5) is 0 Å². The van der Waals surface area contributed by atoms with Crippen LogP contribution in [0.2, 0.25) is 0 Å². The van der Waals surface area contributed by atoms with Crippen LogP contribution in [0.3, 0.4) is 0 Å². The number of benzene rings is 1. The zero-order chi connectivity index (χ0) is 12.5. The number of hydrogen-bond donors (Lipinski definition) is 1. The van der Waals surface area contributed by atoms with Crippen molar-refractivity contribution in [2.45, 2.75) is 0 Å². The van der Waals surface area contributed by atoms with E-state index >= 15 is 0 Å². The topological polar surface area (TPSA) is 36.7 Å². The normalized spacial score (nSPS) is 10.2. The average Bonchev–Trinajstić information content (AvgIpc) is 2.40. The third kappa shape index (κ3) is 2.68. The molecule has 0 saturated carbocycles. The van der Waals surface area contributed by atoms with Crippen molar-refractivity contribution in [1.29, 1.82) is 0 Å². The first kappa shape index (κ1) is 13.7. The molecule has 4 heteroatoms. The van der Waals surface area contributed by atoms with Gasteiger partial charge in [-0.05, 0) is 11.6 Å². The standard InChI is InChI=1S/C15H12N2O.HI/c1-17-8-7-12-9-14(11-5-3-2-4-6-11)16-15(18)13(12)10-17;/h2-10H,1H3;1H. The van der Waals surface area contributed by atoms with Crippen LogP contribution < -0.4 is 34.1 Å². The Hall–Kier alpha value is -1.69. The number of nitrogens with one attached hydrogen (secondary N) is 1. The molecule has 0 aliphatic rings. The number of H-pyrrole nitrogens is 1. The molecule has 0 amide bonds. The molecule has 19 heavy (non-hydrogen) atoms. The third-order valence-electron chi connectivity index (χ3n) is 3.01. The first-order chi connectivity index (χ1) is 8.74. The smallest absolute Gasteiger partial charge is 0.262 e. The van der Waals surface area contributed by atoms with E-state index in [1.54, 1.807) is 0 Å². The molecule has 0 aliphatic carbocycles. The van der Waals surface area contributed by atoms with Crippen LogP contribution in [0.5, 0.6) is 0 Å². The Kier molecular flexibility index (Phi) is 3.99. The molecule has 0 aliphatic heterocycles. The van der Waals surface area contributed by atoms with Crippen molar-refractivity contribution < 1.29 is 28.5 Å². The highest BCUT2D eigenvalue weighted by molar-refractivity contribution is 5.83. The first-order valence-corrected chi connectivity index (χ1v) is 5.82. The molecule has 0 fully saturated rings. The molecule has 3 rings (SSSR count). The molecule has 0 spiro atoms. The van der Waals surface area contributed by atoms with Gasteiger partial charge in [-0.25, -0.2) is 4.57 Å². The number of aromatic amines is 1. The van der Waals surface area contributed by atoms with Crippen LogP contribution in [0.25, 0.3) is 22.0 Å². The fourth-order valence-electron chi connectivity index (χ4n) is 2.08. The lowest BCUT2D eigenvalue weighted by molar-refractivity contribution is -0.670. The van der Waals surface area contributed by atoms with Crippen molar-refractivity contribution in [2.75, 3.05) is 0 Å². The van der Waals surface area contributed by atoms with Crippen LogP contribution in [-0.2, 0) is 7.05 Å². The highest BCUT2D eigenvalue weighted by Crippen LogP contribution is 2.18. The van der Waals surface area contributed by atoms with Gasteiger partial charge in [-0.15, -0.1) is 0 Å². The minimum absolute atomic E-state index is 0. The third-order valence-corrected chi connectivity index (χ3v) is 3.01. The van der Waals surface area contributed by atoms with Gasteiger partial charge in [-0.1, -0.05) is 30.3 Å². The van der Waals surface area contributed by atoms with Crippen molar-refractivity contribution in [3.05, 3.63) is 65.2 Å². The molecule has 0 saturated heterocycles. The van der Waals surface area contributed by atoms with Gasteiger partial charge in [0.15, 0.2) is 12.4 Å². The highest BCUT2D eigenvalue weighted by atomic mass is 127. The van der Waals surface area contributed by atoms with Crippen molar-refractivity contribution in [3.63, 3.8) is 0 Å². The van der Waals surface area contributed by atoms with E-state index in [1.165, 1.54) is 0 Å². The molecule has 96 valence electrons. The monoisotopic (exact) mass is 364 g/mol. The van der Waals surface area contributed by atoms with E-state index in [9.17, 15) is 4.79 Å². The molecule has 0 radical (unpaired) electrons. The van der Waals surface area contributed by atoms with Gasteiger partial charge in [0.2, 0.25) is 0 Å². The number of rotatable bonds is 1. The summed E-state index contributed by atoms with van der Waals surface area (Å²) in [6.45, 7) is 0.